The van der Waals surface area contributed by atoms with Crippen molar-refractivity contribution in [1.82, 2.24) is 5.43 Å². The van der Waals surface area contributed by atoms with Crippen LogP contribution in [0.3, 0.4) is 0 Å². The van der Waals surface area contributed by atoms with E-state index in [9.17, 15) is 9.59 Å². The summed E-state index contributed by atoms with van der Waals surface area (Å²) < 4.78 is 6.16. The van der Waals surface area contributed by atoms with Crippen molar-refractivity contribution in [2.75, 3.05) is 0 Å². The Morgan fingerprint density at radius 2 is 1.77 bits per heavy atom. The summed E-state index contributed by atoms with van der Waals surface area (Å²) in [4.78, 5) is 24.5. The van der Waals surface area contributed by atoms with Crippen molar-refractivity contribution in [2.45, 2.75) is 0 Å². The van der Waals surface area contributed by atoms with E-state index in [0.29, 0.717) is 10.6 Å². The summed E-state index contributed by atoms with van der Waals surface area (Å²) in [5.74, 6) is -0.761. The number of halogens is 3. The quantitative estimate of drug-likeness (QED) is 0.140. The molecule has 0 saturated carbocycles. The van der Waals surface area contributed by atoms with Crippen LogP contribution in [0.2, 0.25) is 10.0 Å². The first kappa shape index (κ1) is 22.7. The maximum atomic E-state index is 12.3. The zero-order valence-corrected chi connectivity index (χ0v) is 19.0. The molecule has 0 radical (unpaired) electrons. The van der Waals surface area contributed by atoms with Gasteiger partial charge in [0.2, 0.25) is 0 Å². The highest BCUT2D eigenvalue weighted by Crippen LogP contribution is 2.23. The Bertz CT molecular complexity index is 1160. The van der Waals surface area contributed by atoms with Crippen LogP contribution in [0.25, 0.3) is 6.08 Å². The molecule has 1 N–H and O–H groups in total. The van der Waals surface area contributed by atoms with Gasteiger partial charge in [-0.15, -0.1) is 0 Å². The van der Waals surface area contributed by atoms with Gasteiger partial charge in [-0.1, -0.05) is 69.5 Å². The average molecular weight is 518 g/mol. The van der Waals surface area contributed by atoms with E-state index in [2.05, 4.69) is 26.5 Å². The molecule has 0 aromatic heterocycles. The van der Waals surface area contributed by atoms with Crippen LogP contribution in [-0.4, -0.2) is 18.1 Å². The molecule has 156 valence electrons. The highest BCUT2D eigenvalue weighted by atomic mass is 79.9. The molecule has 0 fully saturated rings. The highest BCUT2D eigenvalue weighted by Gasteiger charge is 2.10. The van der Waals surface area contributed by atoms with Crippen LogP contribution in [0.15, 0.2) is 82.4 Å². The van der Waals surface area contributed by atoms with E-state index in [1.165, 1.54) is 24.4 Å². The largest absolute Gasteiger partial charge is 0.423 e. The van der Waals surface area contributed by atoms with Crippen LogP contribution in [0.4, 0.5) is 0 Å². The number of hydrogen-bond donors (Lipinski definition) is 1. The zero-order chi connectivity index (χ0) is 22.2. The predicted molar refractivity (Wildman–Crippen MR) is 127 cm³/mol. The van der Waals surface area contributed by atoms with Gasteiger partial charge in [0.05, 0.1) is 16.8 Å². The van der Waals surface area contributed by atoms with E-state index in [4.69, 9.17) is 27.9 Å². The SMILES string of the molecule is O=C(/C=C/c1ccccc1)Oc1ccc(Br)cc1/C=N\NC(=O)c1ccc(Cl)cc1Cl. The molecule has 0 heterocycles. The number of nitrogens with one attached hydrogen (secondary N) is 1. The van der Waals surface area contributed by atoms with Gasteiger partial charge in [0.25, 0.3) is 5.91 Å². The average Bonchev–Trinajstić information content (AvgIpc) is 2.74. The maximum absolute atomic E-state index is 12.3. The second-order valence-corrected chi connectivity index (χ2v) is 7.93. The lowest BCUT2D eigenvalue weighted by Gasteiger charge is -2.07. The highest BCUT2D eigenvalue weighted by molar-refractivity contribution is 9.10. The standard InChI is InChI=1S/C23H15BrCl2N2O3/c24-17-7-10-21(31-22(29)11-6-15-4-2-1-3-5-15)16(12-17)14-27-28-23(30)19-9-8-18(25)13-20(19)26/h1-14H,(H,28,30)/b11-6+,27-14-. The van der Waals surface area contributed by atoms with E-state index in [1.807, 2.05) is 30.3 Å². The summed E-state index contributed by atoms with van der Waals surface area (Å²) in [6.07, 6.45) is 4.36. The molecule has 0 aliphatic heterocycles. The first-order chi connectivity index (χ1) is 14.9. The van der Waals surface area contributed by atoms with Crippen molar-refractivity contribution in [1.29, 1.82) is 0 Å². The van der Waals surface area contributed by atoms with Crippen molar-refractivity contribution >= 4 is 63.3 Å². The molecule has 3 rings (SSSR count). The van der Waals surface area contributed by atoms with Gasteiger partial charge in [0, 0.05) is 21.1 Å². The van der Waals surface area contributed by atoms with Crippen LogP contribution < -0.4 is 10.2 Å². The molecule has 3 aromatic carbocycles. The van der Waals surface area contributed by atoms with Gasteiger partial charge in [0.1, 0.15) is 5.75 Å². The summed E-state index contributed by atoms with van der Waals surface area (Å²) in [7, 11) is 0. The van der Waals surface area contributed by atoms with E-state index in [1.54, 1.807) is 30.3 Å². The fourth-order valence-corrected chi connectivity index (χ4v) is 3.35. The van der Waals surface area contributed by atoms with E-state index in [-0.39, 0.29) is 16.3 Å². The first-order valence-corrected chi connectivity index (χ1v) is 10.5. The fourth-order valence-electron chi connectivity index (χ4n) is 2.48. The molecule has 0 aliphatic carbocycles. The fraction of sp³-hybridized carbons (Fsp3) is 0. The van der Waals surface area contributed by atoms with Crippen LogP contribution >= 0.6 is 39.1 Å². The van der Waals surface area contributed by atoms with Crippen molar-refractivity contribution < 1.29 is 14.3 Å². The molecule has 0 spiro atoms. The second-order valence-electron chi connectivity index (χ2n) is 6.17. The molecule has 0 atom stereocenters. The minimum Gasteiger partial charge on any atom is -0.423 e. The maximum Gasteiger partial charge on any atom is 0.336 e. The molecule has 31 heavy (non-hydrogen) atoms. The van der Waals surface area contributed by atoms with Gasteiger partial charge >= 0.3 is 5.97 Å². The summed E-state index contributed by atoms with van der Waals surface area (Å²) in [5.41, 5.74) is 3.98. The molecule has 3 aromatic rings. The van der Waals surface area contributed by atoms with Gasteiger partial charge in [-0.3, -0.25) is 4.79 Å². The third-order valence-electron chi connectivity index (χ3n) is 3.94. The molecule has 1 amide bonds. The molecular weight excluding hydrogens is 503 g/mol. The van der Waals surface area contributed by atoms with Crippen molar-refractivity contribution in [2.24, 2.45) is 5.10 Å². The van der Waals surface area contributed by atoms with Crippen LogP contribution in [0.5, 0.6) is 5.75 Å². The second kappa shape index (κ2) is 10.9. The van der Waals surface area contributed by atoms with E-state index in [0.717, 1.165) is 10.0 Å². The van der Waals surface area contributed by atoms with Crippen molar-refractivity contribution in [3.8, 4) is 5.75 Å². The number of hydrogen-bond acceptors (Lipinski definition) is 4. The lowest BCUT2D eigenvalue weighted by Crippen LogP contribution is -2.18. The van der Waals surface area contributed by atoms with E-state index < -0.39 is 11.9 Å². The van der Waals surface area contributed by atoms with Gasteiger partial charge < -0.3 is 4.74 Å². The zero-order valence-electron chi connectivity index (χ0n) is 15.9. The number of carbonyl (C=O) groups is 2. The normalized spacial score (nSPS) is 11.1. The van der Waals surface area contributed by atoms with Crippen LogP contribution in [-0.2, 0) is 4.79 Å². The number of rotatable bonds is 6. The minimum atomic E-state index is -0.544. The predicted octanol–water partition coefficient (Wildman–Crippen LogP) is 6.14. The molecular formula is C23H15BrCl2N2O3. The lowest BCUT2D eigenvalue weighted by atomic mass is 10.2. The summed E-state index contributed by atoms with van der Waals surface area (Å²) in [6, 6.07) is 19.0. The summed E-state index contributed by atoms with van der Waals surface area (Å²) in [5, 5.41) is 4.57. The van der Waals surface area contributed by atoms with Crippen LogP contribution in [0, 0.1) is 0 Å². The summed E-state index contributed by atoms with van der Waals surface area (Å²) in [6.45, 7) is 0. The molecule has 0 saturated heterocycles. The Balaban J connectivity index is 1.70. The number of esters is 1. The molecule has 8 heteroatoms. The van der Waals surface area contributed by atoms with Crippen LogP contribution in [0.1, 0.15) is 21.5 Å². The molecule has 0 bridgehead atoms. The monoisotopic (exact) mass is 516 g/mol. The Labute approximate surface area is 197 Å². The Kier molecular flexibility index (Phi) is 8.00. The number of benzene rings is 3. The number of hydrazone groups is 1. The molecule has 5 nitrogen and oxygen atoms in total. The van der Waals surface area contributed by atoms with Gasteiger partial charge in [0.15, 0.2) is 0 Å². The number of amides is 1. The Hall–Kier alpha value is -2.93. The Morgan fingerprint density at radius 3 is 2.52 bits per heavy atom. The summed E-state index contributed by atoms with van der Waals surface area (Å²) >= 11 is 15.2. The minimum absolute atomic E-state index is 0.211. The van der Waals surface area contributed by atoms with Crippen molar-refractivity contribution in [3.05, 3.63) is 104 Å². The topological polar surface area (TPSA) is 67.8 Å². The molecule has 0 aliphatic rings. The Morgan fingerprint density at radius 1 is 1.00 bits per heavy atom. The van der Waals surface area contributed by atoms with E-state index >= 15 is 0 Å². The third-order valence-corrected chi connectivity index (χ3v) is 4.98. The van der Waals surface area contributed by atoms with Gasteiger partial charge in [-0.25, -0.2) is 10.2 Å². The van der Waals surface area contributed by atoms with Gasteiger partial charge in [-0.2, -0.15) is 5.10 Å². The smallest absolute Gasteiger partial charge is 0.336 e. The molecule has 0 unspecified atom stereocenters. The van der Waals surface area contributed by atoms with Gasteiger partial charge in [-0.05, 0) is 48.0 Å². The van der Waals surface area contributed by atoms with Crippen molar-refractivity contribution in [3.63, 3.8) is 0 Å². The number of carbonyl (C=O) groups excluding carboxylic acids is 2. The number of ether oxygens (including phenoxy) is 1. The number of nitrogens with zero attached hydrogens (tertiary/aromatic N) is 1. The lowest BCUT2D eigenvalue weighted by molar-refractivity contribution is -0.128. The third kappa shape index (κ3) is 6.79. The first-order valence-electron chi connectivity index (χ1n) is 8.95.